The van der Waals surface area contributed by atoms with Crippen LogP contribution >= 0.6 is 0 Å². The topological polar surface area (TPSA) is 0 Å². The number of rotatable bonds is 4. The minimum Gasteiger partial charge on any atom is -0.0683 e. The van der Waals surface area contributed by atoms with E-state index in [9.17, 15) is 0 Å². The average Bonchev–Trinajstić information content (AvgIpc) is 2.17. The van der Waals surface area contributed by atoms with Crippen molar-refractivity contribution in [1.29, 1.82) is 0 Å². The summed E-state index contributed by atoms with van der Waals surface area (Å²) in [5.74, 6) is 3.45. The summed E-state index contributed by atoms with van der Waals surface area (Å²) >= 11 is 0. The van der Waals surface area contributed by atoms with E-state index in [-0.39, 0.29) is 0 Å². The quantitative estimate of drug-likeness (QED) is 0.580. The fourth-order valence-electron chi connectivity index (χ4n) is 1.50. The van der Waals surface area contributed by atoms with E-state index in [0.29, 0.717) is 0 Å². The first-order chi connectivity index (χ1) is 6.00. The molecule has 0 saturated carbocycles. The normalized spacial score (nSPS) is 17.3. The molecule has 0 aromatic carbocycles. The van der Waals surface area contributed by atoms with Gasteiger partial charge in [-0.05, 0) is 23.7 Å². The van der Waals surface area contributed by atoms with Crippen molar-refractivity contribution in [2.45, 2.75) is 61.8 Å². The highest BCUT2D eigenvalue weighted by Gasteiger charge is 2.19. The van der Waals surface area contributed by atoms with Crippen LogP contribution in [0.1, 0.15) is 61.8 Å². The minimum atomic E-state index is 0.832. The highest BCUT2D eigenvalue weighted by molar-refractivity contribution is 4.69. The minimum absolute atomic E-state index is 0.832. The second kappa shape index (κ2) is 8.59. The van der Waals surface area contributed by atoms with Gasteiger partial charge in [-0.2, -0.15) is 0 Å². The molecule has 0 aliphatic carbocycles. The molecule has 0 saturated heterocycles. The Morgan fingerprint density at radius 3 is 1.38 bits per heavy atom. The predicted molar refractivity (Wildman–Crippen MR) is 64.0 cm³/mol. The second-order valence-corrected chi connectivity index (χ2v) is 4.35. The summed E-state index contributed by atoms with van der Waals surface area (Å²) in [4.78, 5) is 0. The van der Waals surface area contributed by atoms with E-state index >= 15 is 0 Å². The van der Waals surface area contributed by atoms with E-state index in [2.05, 4.69) is 41.5 Å². The molecule has 0 amide bonds. The Bertz CT molecular complexity index is 94.2. The summed E-state index contributed by atoms with van der Waals surface area (Å²) in [6, 6.07) is 0. The molecule has 3 atom stereocenters. The molecule has 0 aromatic heterocycles. The Labute approximate surface area is 86.1 Å². The third-order valence-electron chi connectivity index (χ3n) is 3.42. The molecule has 0 N–H and O–H groups in total. The molecule has 0 aliphatic heterocycles. The average molecular weight is 186 g/mol. The van der Waals surface area contributed by atoms with Crippen LogP contribution in [0.25, 0.3) is 0 Å². The van der Waals surface area contributed by atoms with Crippen molar-refractivity contribution < 1.29 is 0 Å². The molecule has 0 rings (SSSR count). The van der Waals surface area contributed by atoms with Crippen LogP contribution in [0.4, 0.5) is 0 Å². The van der Waals surface area contributed by atoms with Gasteiger partial charge in [0, 0.05) is 0 Å². The lowest BCUT2D eigenvalue weighted by Gasteiger charge is -2.28. The van der Waals surface area contributed by atoms with E-state index < -0.39 is 0 Å². The van der Waals surface area contributed by atoms with Gasteiger partial charge in [-0.15, -0.1) is 0 Å². The second-order valence-electron chi connectivity index (χ2n) is 4.35. The molecule has 3 unspecified atom stereocenters. The van der Waals surface area contributed by atoms with Gasteiger partial charge in [0.05, 0.1) is 0 Å². The van der Waals surface area contributed by atoms with Crippen molar-refractivity contribution in [2.75, 3.05) is 0 Å². The molecule has 0 bridgehead atoms. The zero-order valence-corrected chi connectivity index (χ0v) is 11.0. The molecule has 0 radical (unpaired) electrons. The maximum absolute atomic E-state index is 2.39. The first-order valence-electron chi connectivity index (χ1n) is 6.00. The van der Waals surface area contributed by atoms with E-state index in [1.807, 2.05) is 13.8 Å². The maximum Gasteiger partial charge on any atom is -0.0389 e. The molecule has 0 aliphatic rings. The zero-order chi connectivity index (χ0) is 11.0. The molecule has 0 spiro atoms. The highest BCUT2D eigenvalue weighted by atomic mass is 14.2. The zero-order valence-electron chi connectivity index (χ0n) is 11.0. The van der Waals surface area contributed by atoms with Crippen molar-refractivity contribution in [3.8, 4) is 0 Å². The summed E-state index contributed by atoms with van der Waals surface area (Å²) < 4.78 is 0. The van der Waals surface area contributed by atoms with Gasteiger partial charge >= 0.3 is 0 Å². The van der Waals surface area contributed by atoms with Gasteiger partial charge in [0.1, 0.15) is 0 Å². The van der Waals surface area contributed by atoms with Gasteiger partial charge in [0.2, 0.25) is 0 Å². The van der Waals surface area contributed by atoms with Crippen LogP contribution in [-0.2, 0) is 0 Å². The lowest BCUT2D eigenvalue weighted by molar-refractivity contribution is 0.219. The third kappa shape index (κ3) is 6.12. The van der Waals surface area contributed by atoms with Crippen LogP contribution in [0.5, 0.6) is 0 Å². The summed E-state index contributed by atoms with van der Waals surface area (Å²) in [5.41, 5.74) is 0. The van der Waals surface area contributed by atoms with Gasteiger partial charge < -0.3 is 0 Å². The summed E-state index contributed by atoms with van der Waals surface area (Å²) in [6.45, 7) is 18.1. The fourth-order valence-corrected chi connectivity index (χ4v) is 1.50. The summed E-state index contributed by atoms with van der Waals surface area (Å²) in [7, 11) is 0. The lowest BCUT2D eigenvalue weighted by Crippen LogP contribution is -2.20. The van der Waals surface area contributed by atoms with Crippen molar-refractivity contribution in [1.82, 2.24) is 0 Å². The Morgan fingerprint density at radius 2 is 1.15 bits per heavy atom. The SMILES string of the molecule is CC.CCC(C)C(C)C(C)C(C)C. The molecule has 0 aromatic rings. The molecule has 13 heavy (non-hydrogen) atoms. The van der Waals surface area contributed by atoms with E-state index in [1.165, 1.54) is 6.42 Å². The van der Waals surface area contributed by atoms with Gasteiger partial charge in [-0.25, -0.2) is 0 Å². The molecular weight excluding hydrogens is 156 g/mol. The van der Waals surface area contributed by atoms with Crippen LogP contribution < -0.4 is 0 Å². The molecule has 0 nitrogen and oxygen atoms in total. The molecular formula is C13H30. The van der Waals surface area contributed by atoms with Crippen LogP contribution in [0.2, 0.25) is 0 Å². The highest BCUT2D eigenvalue weighted by Crippen LogP contribution is 2.27. The molecule has 0 fully saturated rings. The predicted octanol–water partition coefficient (Wildman–Crippen LogP) is 4.99. The van der Waals surface area contributed by atoms with Crippen molar-refractivity contribution in [3.05, 3.63) is 0 Å². The first-order valence-corrected chi connectivity index (χ1v) is 6.00. The van der Waals surface area contributed by atoms with Gasteiger partial charge in [0.25, 0.3) is 0 Å². The Balaban J connectivity index is 0. The Kier molecular flexibility index (Phi) is 10.2. The van der Waals surface area contributed by atoms with Crippen molar-refractivity contribution in [3.63, 3.8) is 0 Å². The number of hydrogen-bond donors (Lipinski definition) is 0. The lowest BCUT2D eigenvalue weighted by atomic mass is 9.78. The van der Waals surface area contributed by atoms with Crippen LogP contribution in [0.15, 0.2) is 0 Å². The van der Waals surface area contributed by atoms with Crippen molar-refractivity contribution in [2.24, 2.45) is 23.7 Å². The maximum atomic E-state index is 2.39. The largest absolute Gasteiger partial charge is 0.0683 e. The van der Waals surface area contributed by atoms with Crippen LogP contribution in [0, 0.1) is 23.7 Å². The standard InChI is InChI=1S/C11H24.C2H6/c1-7-9(4)11(6)10(5)8(2)3;1-2/h8-11H,7H2,1-6H3;1-2H3. The van der Waals surface area contributed by atoms with Crippen molar-refractivity contribution >= 4 is 0 Å². The van der Waals surface area contributed by atoms with E-state index in [4.69, 9.17) is 0 Å². The van der Waals surface area contributed by atoms with Crippen LogP contribution in [-0.4, -0.2) is 0 Å². The summed E-state index contributed by atoms with van der Waals surface area (Å²) in [5, 5.41) is 0. The fraction of sp³-hybridized carbons (Fsp3) is 1.00. The van der Waals surface area contributed by atoms with Gasteiger partial charge in [-0.3, -0.25) is 0 Å². The van der Waals surface area contributed by atoms with Gasteiger partial charge in [0.15, 0.2) is 0 Å². The van der Waals surface area contributed by atoms with E-state index in [1.54, 1.807) is 0 Å². The van der Waals surface area contributed by atoms with E-state index in [0.717, 1.165) is 23.7 Å². The monoisotopic (exact) mass is 186 g/mol. The van der Waals surface area contributed by atoms with Gasteiger partial charge in [-0.1, -0.05) is 61.8 Å². The van der Waals surface area contributed by atoms with Crippen LogP contribution in [0.3, 0.4) is 0 Å². The summed E-state index contributed by atoms with van der Waals surface area (Å²) in [6.07, 6.45) is 1.32. The first kappa shape index (κ1) is 15.5. The third-order valence-corrected chi connectivity index (χ3v) is 3.42. The Morgan fingerprint density at radius 1 is 0.769 bits per heavy atom. The number of hydrogen-bond acceptors (Lipinski definition) is 0. The molecule has 0 heterocycles. The smallest absolute Gasteiger partial charge is 0.0389 e. The Hall–Kier alpha value is 0. The molecule has 0 heteroatoms. The molecule has 82 valence electrons.